The second-order valence-electron chi connectivity index (χ2n) is 11.4. The molecule has 4 N–H and O–H groups in total. The van der Waals surface area contributed by atoms with Crippen molar-refractivity contribution in [3.63, 3.8) is 0 Å². The number of likely N-dealkylation sites (N-methyl/N-ethyl adjacent to an activating group) is 1. The Morgan fingerprint density at radius 2 is 1.95 bits per heavy atom. The molecular formula is C32H39N5O5. The summed E-state index contributed by atoms with van der Waals surface area (Å²) in [4.78, 5) is 48.2. The normalized spacial score (nSPS) is 23.1. The zero-order chi connectivity index (χ0) is 30.0. The van der Waals surface area contributed by atoms with Gasteiger partial charge in [0.1, 0.15) is 29.7 Å². The van der Waals surface area contributed by atoms with Gasteiger partial charge in [-0.3, -0.25) is 19.3 Å². The molecule has 1 fully saturated rings. The lowest BCUT2D eigenvalue weighted by atomic mass is 9.97. The molecule has 5 rings (SSSR count). The van der Waals surface area contributed by atoms with Gasteiger partial charge in [-0.25, -0.2) is 0 Å². The van der Waals surface area contributed by atoms with Gasteiger partial charge in [-0.05, 0) is 62.3 Å². The van der Waals surface area contributed by atoms with Crippen LogP contribution in [0.4, 0.5) is 0 Å². The van der Waals surface area contributed by atoms with Gasteiger partial charge in [-0.1, -0.05) is 38.5 Å². The maximum absolute atomic E-state index is 14.3. The van der Waals surface area contributed by atoms with E-state index in [1.165, 1.54) is 12.3 Å². The zero-order valence-corrected chi connectivity index (χ0v) is 24.5. The summed E-state index contributed by atoms with van der Waals surface area (Å²) < 4.78 is 6.33. The molecule has 10 heteroatoms. The average Bonchev–Trinajstić information content (AvgIpc) is 3.59. The van der Waals surface area contributed by atoms with Gasteiger partial charge in [0.25, 0.3) is 0 Å². The quantitative estimate of drug-likeness (QED) is 0.359. The molecule has 222 valence electrons. The molecule has 1 unspecified atom stereocenters. The number of phenols is 1. The molecule has 0 radical (unpaired) electrons. The fraction of sp³-hybridized carbons (Fsp3) is 0.406. The van der Waals surface area contributed by atoms with Crippen molar-refractivity contribution in [2.45, 2.75) is 57.3 Å². The summed E-state index contributed by atoms with van der Waals surface area (Å²) in [7, 11) is 3.72. The van der Waals surface area contributed by atoms with Crippen LogP contribution in [0.15, 0.2) is 54.9 Å². The summed E-state index contributed by atoms with van der Waals surface area (Å²) >= 11 is 0. The Labute approximate surface area is 245 Å². The molecule has 0 saturated carbocycles. The van der Waals surface area contributed by atoms with Gasteiger partial charge in [0.15, 0.2) is 0 Å². The van der Waals surface area contributed by atoms with E-state index in [9.17, 15) is 19.5 Å². The molecule has 1 aromatic heterocycles. The van der Waals surface area contributed by atoms with E-state index >= 15 is 0 Å². The Balaban J connectivity index is 1.49. The van der Waals surface area contributed by atoms with Crippen molar-refractivity contribution in [2.75, 3.05) is 20.6 Å². The summed E-state index contributed by atoms with van der Waals surface area (Å²) in [5.74, 6) is -0.666. The molecular weight excluding hydrogens is 534 g/mol. The van der Waals surface area contributed by atoms with Crippen LogP contribution in [0.2, 0.25) is 0 Å². The average molecular weight is 574 g/mol. The van der Waals surface area contributed by atoms with E-state index in [0.29, 0.717) is 37.1 Å². The van der Waals surface area contributed by atoms with E-state index in [4.69, 9.17) is 4.74 Å². The summed E-state index contributed by atoms with van der Waals surface area (Å²) in [5, 5.41) is 17.1. The maximum Gasteiger partial charge on any atom is 0.247 e. The number of carbonyl (C=O) groups excluding carboxylic acids is 3. The number of carbonyl (C=O) groups is 3. The number of nitrogens with one attached hydrogen (secondary N) is 3. The van der Waals surface area contributed by atoms with Crippen LogP contribution in [0.1, 0.15) is 37.8 Å². The van der Waals surface area contributed by atoms with Gasteiger partial charge >= 0.3 is 0 Å². The molecule has 3 aromatic rings. The van der Waals surface area contributed by atoms with Crippen LogP contribution < -0.4 is 15.4 Å². The summed E-state index contributed by atoms with van der Waals surface area (Å²) in [6.07, 6.45) is 5.87. The van der Waals surface area contributed by atoms with Crippen molar-refractivity contribution in [2.24, 2.45) is 5.92 Å². The fourth-order valence-corrected chi connectivity index (χ4v) is 5.79. The van der Waals surface area contributed by atoms with Gasteiger partial charge in [0.05, 0.1) is 6.04 Å². The van der Waals surface area contributed by atoms with Gasteiger partial charge in [-0.15, -0.1) is 0 Å². The first-order valence-corrected chi connectivity index (χ1v) is 14.5. The highest BCUT2D eigenvalue weighted by atomic mass is 16.5. The molecule has 5 atom stereocenters. The van der Waals surface area contributed by atoms with Crippen molar-refractivity contribution in [3.8, 4) is 11.5 Å². The Hall–Kier alpha value is -4.31. The standard InChI is InChI=1S/C32H39N5O5/c1-5-19(2)28-30(39)33-14-12-20-16-22(10-11-26(20)38)42-27-13-15-37(29(27)31(40)35-28)32(41)25(36(3)4)17-21-18-34-24-9-7-6-8-23(21)24/h6-12,14,16,18-19,25,27-29,34,38H,5,13,15,17H2,1-4H3,(H,33,39)(H,35,40)/b14-12-/t19?,25-,27-,28-,29-/m0/s1. The van der Waals surface area contributed by atoms with E-state index in [2.05, 4.69) is 15.6 Å². The Morgan fingerprint density at radius 1 is 1.17 bits per heavy atom. The van der Waals surface area contributed by atoms with Gasteiger partial charge in [0.2, 0.25) is 17.7 Å². The fourth-order valence-electron chi connectivity index (χ4n) is 5.79. The predicted molar refractivity (Wildman–Crippen MR) is 161 cm³/mol. The van der Waals surface area contributed by atoms with Crippen LogP contribution in [0.3, 0.4) is 0 Å². The van der Waals surface area contributed by atoms with E-state index in [1.54, 1.807) is 23.1 Å². The summed E-state index contributed by atoms with van der Waals surface area (Å²) in [6.45, 7) is 4.18. The Bertz CT molecular complexity index is 1500. The lowest BCUT2D eigenvalue weighted by Crippen LogP contribution is -2.59. The van der Waals surface area contributed by atoms with Crippen molar-refractivity contribution < 1.29 is 24.2 Å². The van der Waals surface area contributed by atoms with Gasteiger partial charge in [-0.2, -0.15) is 0 Å². The van der Waals surface area contributed by atoms with Gasteiger partial charge in [0, 0.05) is 41.8 Å². The lowest BCUT2D eigenvalue weighted by molar-refractivity contribution is -0.144. The number of likely N-dealkylation sites (tertiary alicyclic amines) is 1. The number of nitrogens with zero attached hydrogens (tertiary/aromatic N) is 2. The Kier molecular flexibility index (Phi) is 8.54. The highest BCUT2D eigenvalue weighted by Crippen LogP contribution is 2.30. The van der Waals surface area contributed by atoms with Crippen LogP contribution in [-0.2, 0) is 20.8 Å². The molecule has 2 aliphatic heterocycles. The molecule has 2 aromatic carbocycles. The van der Waals surface area contributed by atoms with Crippen LogP contribution in [0, 0.1) is 5.92 Å². The van der Waals surface area contributed by atoms with Crippen molar-refractivity contribution in [1.29, 1.82) is 0 Å². The number of aromatic amines is 1. The summed E-state index contributed by atoms with van der Waals surface area (Å²) in [6, 6.07) is 10.5. The number of hydrogen-bond donors (Lipinski definition) is 4. The van der Waals surface area contributed by atoms with Crippen LogP contribution >= 0.6 is 0 Å². The maximum atomic E-state index is 14.3. The number of aromatic nitrogens is 1. The van der Waals surface area contributed by atoms with Crippen LogP contribution in [0.25, 0.3) is 17.0 Å². The second kappa shape index (κ2) is 12.3. The number of para-hydroxylation sites is 1. The van der Waals surface area contributed by atoms with E-state index in [1.807, 2.05) is 63.3 Å². The third kappa shape index (κ3) is 5.85. The third-order valence-electron chi connectivity index (χ3n) is 8.46. The number of benzene rings is 2. The second-order valence-corrected chi connectivity index (χ2v) is 11.4. The summed E-state index contributed by atoms with van der Waals surface area (Å²) in [5.41, 5.74) is 2.47. The SMILES string of the molecule is CCC(C)[C@@H]1NC(=O)[C@@H]2[C@H](CCN2C(=O)[C@H](Cc2c[nH]c3ccccc23)N(C)C)Oc2ccc(O)c(c2)/C=C\NC1=O. The first kappa shape index (κ1) is 29.2. The van der Waals surface area contributed by atoms with Crippen molar-refractivity contribution in [1.82, 2.24) is 25.4 Å². The molecule has 0 aliphatic carbocycles. The topological polar surface area (TPSA) is 127 Å². The number of phenolic OH excluding ortho intramolecular Hbond substituents is 1. The number of aromatic hydroxyl groups is 1. The molecule has 2 bridgehead atoms. The highest BCUT2D eigenvalue weighted by Gasteiger charge is 2.46. The zero-order valence-electron chi connectivity index (χ0n) is 24.5. The molecule has 0 spiro atoms. The van der Waals surface area contributed by atoms with E-state index in [-0.39, 0.29) is 23.5 Å². The van der Waals surface area contributed by atoms with Gasteiger partial charge < -0.3 is 30.4 Å². The number of fused-ring (bicyclic) bond motifs is 4. The minimum absolute atomic E-state index is 0.0290. The molecule has 3 amide bonds. The first-order chi connectivity index (χ1) is 20.2. The molecule has 3 heterocycles. The monoisotopic (exact) mass is 573 g/mol. The van der Waals surface area contributed by atoms with E-state index in [0.717, 1.165) is 16.5 Å². The van der Waals surface area contributed by atoms with Crippen molar-refractivity contribution >= 4 is 34.7 Å². The molecule has 42 heavy (non-hydrogen) atoms. The van der Waals surface area contributed by atoms with Crippen molar-refractivity contribution in [3.05, 3.63) is 66.0 Å². The molecule has 10 nitrogen and oxygen atoms in total. The molecule has 2 aliphatic rings. The smallest absolute Gasteiger partial charge is 0.247 e. The molecule has 1 saturated heterocycles. The predicted octanol–water partition coefficient (Wildman–Crippen LogP) is 3.03. The Morgan fingerprint density at radius 3 is 2.71 bits per heavy atom. The largest absolute Gasteiger partial charge is 0.507 e. The highest BCUT2D eigenvalue weighted by molar-refractivity contribution is 5.95. The number of amides is 3. The third-order valence-corrected chi connectivity index (χ3v) is 8.46. The van der Waals surface area contributed by atoms with E-state index < -0.39 is 30.1 Å². The first-order valence-electron chi connectivity index (χ1n) is 14.5. The van der Waals surface area contributed by atoms with Crippen LogP contribution in [0.5, 0.6) is 11.5 Å². The number of rotatable bonds is 6. The number of hydrogen-bond acceptors (Lipinski definition) is 6. The van der Waals surface area contributed by atoms with Crippen LogP contribution in [-0.4, -0.2) is 82.5 Å². The minimum atomic E-state index is -0.951. The number of ether oxygens (including phenoxy) is 1. The minimum Gasteiger partial charge on any atom is -0.507 e. The number of H-pyrrole nitrogens is 1. The lowest BCUT2D eigenvalue weighted by Gasteiger charge is -2.34.